The number of likely N-dealkylation sites (N-methyl/N-ethyl adjacent to an activating group) is 1. The Morgan fingerprint density at radius 1 is 1.12 bits per heavy atom. The molecule has 0 unspecified atom stereocenters. The van der Waals surface area contributed by atoms with E-state index in [-0.39, 0.29) is 24.0 Å². The quantitative estimate of drug-likeness (QED) is 0.671. The van der Waals surface area contributed by atoms with Crippen molar-refractivity contribution in [3.05, 3.63) is 71.2 Å². The van der Waals surface area contributed by atoms with Crippen LogP contribution in [0.4, 0.5) is 9.18 Å². The molecular weight excluding hydrogens is 323 g/mol. The molecule has 3 rings (SSSR count). The van der Waals surface area contributed by atoms with Crippen molar-refractivity contribution in [2.24, 2.45) is 0 Å². The van der Waals surface area contributed by atoms with Gasteiger partial charge in [-0.05, 0) is 25.1 Å². The molecule has 2 aromatic rings. The highest BCUT2D eigenvalue weighted by atomic mass is 19.1. The fourth-order valence-corrected chi connectivity index (χ4v) is 2.52. The Bertz CT molecular complexity index is 848. The average Bonchev–Trinajstić information content (AvgIpc) is 2.88. The van der Waals surface area contributed by atoms with Crippen molar-refractivity contribution in [3.8, 4) is 5.75 Å². The summed E-state index contributed by atoms with van der Waals surface area (Å²) in [6.07, 6.45) is 1.56. The summed E-state index contributed by atoms with van der Waals surface area (Å²) >= 11 is 0. The lowest BCUT2D eigenvalue weighted by Crippen LogP contribution is -2.30. The summed E-state index contributed by atoms with van der Waals surface area (Å²) < 4.78 is 19.4. The van der Waals surface area contributed by atoms with Crippen LogP contribution in [0, 0.1) is 5.82 Å². The highest BCUT2D eigenvalue weighted by Crippen LogP contribution is 2.24. The Labute approximate surface area is 144 Å². The first-order valence-electron chi connectivity index (χ1n) is 7.90. The third-order valence-corrected chi connectivity index (χ3v) is 3.84. The number of ether oxygens (including phenoxy) is 1. The van der Waals surface area contributed by atoms with Crippen LogP contribution in [0.2, 0.25) is 0 Å². The number of carbonyl (C=O) groups is 2. The molecule has 2 aromatic carbocycles. The molecule has 1 aliphatic rings. The highest BCUT2D eigenvalue weighted by Gasteiger charge is 2.32. The normalized spacial score (nSPS) is 15.6. The molecule has 5 nitrogen and oxygen atoms in total. The number of para-hydroxylation sites is 1. The third-order valence-electron chi connectivity index (χ3n) is 3.84. The first-order valence-corrected chi connectivity index (χ1v) is 7.90. The van der Waals surface area contributed by atoms with Crippen LogP contribution in [0.25, 0.3) is 6.08 Å². The fraction of sp³-hybridized carbons (Fsp3) is 0.158. The number of imide groups is 1. The monoisotopic (exact) mass is 340 g/mol. The second-order valence-corrected chi connectivity index (χ2v) is 5.46. The van der Waals surface area contributed by atoms with Crippen molar-refractivity contribution in [3.63, 3.8) is 0 Å². The van der Waals surface area contributed by atoms with Gasteiger partial charge < -0.3 is 10.1 Å². The minimum absolute atomic E-state index is 0.0637. The Hall–Kier alpha value is -3.15. The number of nitrogens with zero attached hydrogens (tertiary/aromatic N) is 1. The number of urea groups is 1. The van der Waals surface area contributed by atoms with E-state index in [1.807, 2.05) is 0 Å². The molecule has 0 aliphatic carbocycles. The molecule has 1 heterocycles. The van der Waals surface area contributed by atoms with Crippen LogP contribution < -0.4 is 10.1 Å². The number of halogens is 1. The maximum atomic E-state index is 13.7. The zero-order chi connectivity index (χ0) is 17.8. The molecule has 0 radical (unpaired) electrons. The topological polar surface area (TPSA) is 58.6 Å². The number of amides is 3. The van der Waals surface area contributed by atoms with Gasteiger partial charge in [0, 0.05) is 17.7 Å². The Balaban J connectivity index is 1.82. The number of carbonyl (C=O) groups excluding carboxylic acids is 2. The Morgan fingerprint density at radius 2 is 1.84 bits per heavy atom. The summed E-state index contributed by atoms with van der Waals surface area (Å²) in [4.78, 5) is 25.0. The number of hydrogen-bond acceptors (Lipinski definition) is 3. The molecule has 0 aromatic heterocycles. The van der Waals surface area contributed by atoms with Crippen LogP contribution in [0.15, 0.2) is 54.2 Å². The maximum absolute atomic E-state index is 13.7. The van der Waals surface area contributed by atoms with E-state index in [0.29, 0.717) is 23.4 Å². The van der Waals surface area contributed by atoms with Crippen LogP contribution in [0.3, 0.4) is 0 Å². The van der Waals surface area contributed by atoms with Gasteiger partial charge in [-0.2, -0.15) is 0 Å². The van der Waals surface area contributed by atoms with Gasteiger partial charge in [-0.15, -0.1) is 0 Å². The van der Waals surface area contributed by atoms with E-state index in [2.05, 4.69) is 5.32 Å². The molecule has 3 amide bonds. The molecule has 0 atom stereocenters. The second kappa shape index (κ2) is 7.17. The fourth-order valence-electron chi connectivity index (χ4n) is 2.52. The van der Waals surface area contributed by atoms with Gasteiger partial charge in [0.15, 0.2) is 0 Å². The summed E-state index contributed by atoms with van der Waals surface area (Å²) in [5, 5.41) is 2.55. The predicted octanol–water partition coefficient (Wildman–Crippen LogP) is 3.32. The minimum atomic E-state index is -0.441. The summed E-state index contributed by atoms with van der Waals surface area (Å²) in [5.74, 6) is -0.221. The van der Waals surface area contributed by atoms with Crippen LogP contribution in [0.1, 0.15) is 18.1 Å². The van der Waals surface area contributed by atoms with Gasteiger partial charge in [-0.1, -0.05) is 36.4 Å². The molecule has 1 fully saturated rings. The van der Waals surface area contributed by atoms with Crippen LogP contribution in [0.5, 0.6) is 5.75 Å². The van der Waals surface area contributed by atoms with E-state index in [1.165, 1.54) is 6.07 Å². The average molecular weight is 340 g/mol. The number of benzene rings is 2. The Kier molecular flexibility index (Phi) is 4.79. The van der Waals surface area contributed by atoms with Gasteiger partial charge >= 0.3 is 6.03 Å². The molecule has 1 aliphatic heterocycles. The zero-order valence-corrected chi connectivity index (χ0v) is 13.7. The lowest BCUT2D eigenvalue weighted by Gasteiger charge is -2.10. The largest absolute Gasteiger partial charge is 0.488 e. The third kappa shape index (κ3) is 3.52. The van der Waals surface area contributed by atoms with Crippen molar-refractivity contribution in [2.45, 2.75) is 13.5 Å². The van der Waals surface area contributed by atoms with E-state index in [0.717, 1.165) is 4.90 Å². The van der Waals surface area contributed by atoms with Crippen LogP contribution in [-0.4, -0.2) is 23.4 Å². The van der Waals surface area contributed by atoms with E-state index < -0.39 is 6.03 Å². The molecule has 25 heavy (non-hydrogen) atoms. The first-order chi connectivity index (χ1) is 12.1. The van der Waals surface area contributed by atoms with Gasteiger partial charge in [0.1, 0.15) is 23.9 Å². The highest BCUT2D eigenvalue weighted by molar-refractivity contribution is 6.14. The Morgan fingerprint density at radius 3 is 2.56 bits per heavy atom. The van der Waals surface area contributed by atoms with Crippen molar-refractivity contribution in [2.75, 3.05) is 6.54 Å². The maximum Gasteiger partial charge on any atom is 0.328 e. The van der Waals surface area contributed by atoms with Gasteiger partial charge in [0.05, 0.1) is 0 Å². The molecule has 1 N–H and O–H groups in total. The standard InChI is InChI=1S/C19H17FN2O3/c1-2-22-18(23)16(21-19(22)24)11-13-7-4-6-10-17(13)25-12-14-8-3-5-9-15(14)20/h3-11H,2,12H2,1H3,(H,21,24)/b16-11+. The van der Waals surface area contributed by atoms with Gasteiger partial charge in [-0.3, -0.25) is 9.69 Å². The van der Waals surface area contributed by atoms with Crippen LogP contribution in [-0.2, 0) is 11.4 Å². The van der Waals surface area contributed by atoms with E-state index in [1.54, 1.807) is 55.5 Å². The van der Waals surface area contributed by atoms with Crippen LogP contribution >= 0.6 is 0 Å². The second-order valence-electron chi connectivity index (χ2n) is 5.46. The molecule has 0 spiro atoms. The van der Waals surface area contributed by atoms with E-state index in [9.17, 15) is 14.0 Å². The molecule has 6 heteroatoms. The first kappa shape index (κ1) is 16.7. The number of nitrogens with one attached hydrogen (secondary N) is 1. The van der Waals surface area contributed by atoms with Crippen molar-refractivity contribution in [1.82, 2.24) is 10.2 Å². The molecule has 0 saturated carbocycles. The van der Waals surface area contributed by atoms with Gasteiger partial charge in [0.25, 0.3) is 5.91 Å². The smallest absolute Gasteiger partial charge is 0.328 e. The SMILES string of the molecule is CCN1C(=O)N/C(=C/c2ccccc2OCc2ccccc2F)C1=O. The summed E-state index contributed by atoms with van der Waals surface area (Å²) in [7, 11) is 0. The summed E-state index contributed by atoms with van der Waals surface area (Å²) in [6, 6.07) is 13.0. The summed E-state index contributed by atoms with van der Waals surface area (Å²) in [6.45, 7) is 2.09. The molecule has 1 saturated heterocycles. The number of hydrogen-bond donors (Lipinski definition) is 1. The lowest BCUT2D eigenvalue weighted by molar-refractivity contribution is -0.122. The van der Waals surface area contributed by atoms with E-state index >= 15 is 0 Å². The molecular formula is C19H17FN2O3. The number of rotatable bonds is 5. The molecule has 128 valence electrons. The minimum Gasteiger partial charge on any atom is -0.488 e. The van der Waals surface area contributed by atoms with Crippen molar-refractivity contribution in [1.29, 1.82) is 0 Å². The van der Waals surface area contributed by atoms with Crippen molar-refractivity contribution < 1.29 is 18.7 Å². The lowest BCUT2D eigenvalue weighted by atomic mass is 10.1. The van der Waals surface area contributed by atoms with Crippen molar-refractivity contribution >= 4 is 18.0 Å². The van der Waals surface area contributed by atoms with Gasteiger partial charge in [-0.25, -0.2) is 9.18 Å². The summed E-state index contributed by atoms with van der Waals surface area (Å²) in [5.41, 5.74) is 1.25. The van der Waals surface area contributed by atoms with Gasteiger partial charge in [0.2, 0.25) is 0 Å². The van der Waals surface area contributed by atoms with E-state index in [4.69, 9.17) is 4.74 Å². The zero-order valence-electron chi connectivity index (χ0n) is 13.7. The predicted molar refractivity (Wildman–Crippen MR) is 91.1 cm³/mol. The molecule has 0 bridgehead atoms.